The van der Waals surface area contributed by atoms with Crippen LogP contribution in [0.15, 0.2) is 109 Å². The van der Waals surface area contributed by atoms with Crippen molar-refractivity contribution in [3.8, 4) is 17.1 Å². The van der Waals surface area contributed by atoms with Gasteiger partial charge in [-0.15, -0.1) is 5.10 Å². The van der Waals surface area contributed by atoms with Crippen LogP contribution >= 0.6 is 0 Å². The minimum absolute atomic E-state index is 0.00959. The van der Waals surface area contributed by atoms with Gasteiger partial charge in [-0.3, -0.25) is 15.1 Å². The highest BCUT2D eigenvalue weighted by Crippen LogP contribution is 2.31. The van der Waals surface area contributed by atoms with Crippen molar-refractivity contribution in [2.45, 2.75) is 20.0 Å². The summed E-state index contributed by atoms with van der Waals surface area (Å²) in [6, 6.07) is 35.0. The number of rotatable bonds is 5. The molecule has 42 heavy (non-hydrogen) atoms. The predicted octanol–water partition coefficient (Wildman–Crippen LogP) is 4.70. The lowest BCUT2D eigenvalue weighted by atomic mass is 10.1. The number of amides is 3. The summed E-state index contributed by atoms with van der Waals surface area (Å²) in [5.74, 6) is -0.0380. The summed E-state index contributed by atoms with van der Waals surface area (Å²) in [6.45, 7) is 4.42. The average molecular weight is 561 g/mol. The van der Waals surface area contributed by atoms with E-state index in [2.05, 4.69) is 15.4 Å². The van der Waals surface area contributed by atoms with E-state index in [0.29, 0.717) is 12.5 Å². The molecular formula is C32H32N8O2. The molecule has 2 heterocycles. The Bertz CT molecular complexity index is 1690. The molecule has 1 aromatic heterocycles. The zero-order chi connectivity index (χ0) is 29.6. The van der Waals surface area contributed by atoms with E-state index in [-0.39, 0.29) is 12.0 Å². The Balaban J connectivity index is 0.000000168. The molecule has 1 atom stereocenters. The fourth-order valence-corrected chi connectivity index (χ4v) is 4.74. The van der Waals surface area contributed by atoms with E-state index >= 15 is 0 Å². The van der Waals surface area contributed by atoms with Gasteiger partial charge < -0.3 is 11.5 Å². The van der Waals surface area contributed by atoms with Gasteiger partial charge in [-0.25, -0.2) is 19.5 Å². The van der Waals surface area contributed by atoms with Gasteiger partial charge in [-0.05, 0) is 54.8 Å². The van der Waals surface area contributed by atoms with Gasteiger partial charge in [0.15, 0.2) is 5.82 Å². The first-order valence-corrected chi connectivity index (χ1v) is 13.4. The molecule has 1 aliphatic heterocycles. The maximum absolute atomic E-state index is 11.7. The molecule has 5 N–H and O–H groups in total. The average Bonchev–Trinajstić information content (AvgIpc) is 3.65. The van der Waals surface area contributed by atoms with Crippen molar-refractivity contribution in [1.82, 2.24) is 25.1 Å². The third kappa shape index (κ3) is 6.13. The Morgan fingerprint density at radius 2 is 1.38 bits per heavy atom. The lowest BCUT2D eigenvalue weighted by Gasteiger charge is -2.32. The zero-order valence-corrected chi connectivity index (χ0v) is 23.4. The van der Waals surface area contributed by atoms with Gasteiger partial charge in [0.25, 0.3) is 5.91 Å². The normalized spacial score (nSPS) is 14.3. The van der Waals surface area contributed by atoms with Crippen LogP contribution in [0.4, 0.5) is 10.5 Å². The maximum Gasteiger partial charge on any atom is 0.334 e. The number of carbonyl (C=O) groups excluding carboxylic acids is 2. The van der Waals surface area contributed by atoms with Crippen molar-refractivity contribution in [2.24, 2.45) is 11.5 Å². The van der Waals surface area contributed by atoms with E-state index in [9.17, 15) is 9.59 Å². The van der Waals surface area contributed by atoms with Gasteiger partial charge in [0.2, 0.25) is 5.82 Å². The monoisotopic (exact) mass is 560 g/mol. The number of carbonyl (C=O) groups is 2. The van der Waals surface area contributed by atoms with Crippen molar-refractivity contribution in [3.63, 3.8) is 0 Å². The standard InChI is InChI=1S/C16H18N4O.C16H14N4O/c1-12-6-5-9-14(10-12)20-15(13-7-3-2-4-8-13)18-11-19(20)16(17)21;1-11-6-5-9-13(10-11)20-16(12-7-3-2-4-8-12)18-15(19-20)14(17)21/h2-10,15,18H,11H2,1H3,(H2,17,21);2-10H,1H3,(H2,17,21). The van der Waals surface area contributed by atoms with E-state index < -0.39 is 11.9 Å². The lowest BCUT2D eigenvalue weighted by Crippen LogP contribution is -2.45. The lowest BCUT2D eigenvalue weighted by molar-refractivity contribution is 0.0990. The topological polar surface area (TPSA) is 135 Å². The molecule has 0 spiro atoms. The fraction of sp³-hybridized carbons (Fsp3) is 0.125. The third-order valence-corrected chi connectivity index (χ3v) is 6.68. The molecule has 5 aromatic rings. The number of benzene rings is 4. The number of aryl methyl sites for hydroxylation is 2. The maximum atomic E-state index is 11.7. The number of hydrazine groups is 1. The first-order valence-electron chi connectivity index (χ1n) is 13.4. The van der Waals surface area contributed by atoms with Crippen LogP contribution in [-0.4, -0.2) is 38.4 Å². The smallest absolute Gasteiger partial charge is 0.334 e. The van der Waals surface area contributed by atoms with E-state index in [1.165, 1.54) is 5.01 Å². The van der Waals surface area contributed by atoms with Crippen molar-refractivity contribution >= 4 is 17.6 Å². The number of primary amides is 2. The second-order valence-electron chi connectivity index (χ2n) is 9.84. The van der Waals surface area contributed by atoms with E-state index in [4.69, 9.17) is 11.5 Å². The molecule has 0 bridgehead atoms. The number of nitrogens with two attached hydrogens (primary N) is 2. The van der Waals surface area contributed by atoms with Crippen molar-refractivity contribution in [1.29, 1.82) is 0 Å². The van der Waals surface area contributed by atoms with Crippen LogP contribution in [0.1, 0.15) is 33.5 Å². The van der Waals surface area contributed by atoms with Crippen molar-refractivity contribution in [2.75, 3.05) is 11.7 Å². The van der Waals surface area contributed by atoms with Crippen molar-refractivity contribution < 1.29 is 9.59 Å². The molecule has 10 nitrogen and oxygen atoms in total. The van der Waals surface area contributed by atoms with Gasteiger partial charge in [-0.2, -0.15) is 0 Å². The second-order valence-corrected chi connectivity index (χ2v) is 9.84. The molecule has 0 aliphatic carbocycles. The van der Waals surface area contributed by atoms with Crippen LogP contribution in [0, 0.1) is 13.8 Å². The molecular weight excluding hydrogens is 528 g/mol. The molecule has 0 radical (unpaired) electrons. The SMILES string of the molecule is Cc1cccc(-n2nc(C(N)=O)nc2-c2ccccc2)c1.Cc1cccc(N2C(c3ccccc3)NCN2C(N)=O)c1. The van der Waals surface area contributed by atoms with Gasteiger partial charge >= 0.3 is 6.03 Å². The Morgan fingerprint density at radius 3 is 1.98 bits per heavy atom. The van der Waals surface area contributed by atoms with Crippen LogP contribution in [-0.2, 0) is 0 Å². The van der Waals surface area contributed by atoms with E-state index in [1.807, 2.05) is 128 Å². The highest BCUT2D eigenvalue weighted by molar-refractivity contribution is 5.89. The molecule has 0 saturated carbocycles. The van der Waals surface area contributed by atoms with E-state index in [1.54, 1.807) is 4.68 Å². The number of hydrogen-bond donors (Lipinski definition) is 3. The van der Waals surface area contributed by atoms with Gasteiger partial charge in [0, 0.05) is 5.56 Å². The van der Waals surface area contributed by atoms with Gasteiger partial charge in [0.1, 0.15) is 6.17 Å². The summed E-state index contributed by atoms with van der Waals surface area (Å²) < 4.78 is 1.64. The number of anilines is 1. The molecule has 3 amide bonds. The van der Waals surface area contributed by atoms with Gasteiger partial charge in [-0.1, -0.05) is 84.9 Å². The second kappa shape index (κ2) is 12.4. The minimum atomic E-state index is -0.640. The molecule has 1 unspecified atom stereocenters. The summed E-state index contributed by atoms with van der Waals surface area (Å²) in [4.78, 5) is 27.4. The van der Waals surface area contributed by atoms with Crippen LogP contribution in [0.5, 0.6) is 0 Å². The molecule has 4 aromatic carbocycles. The van der Waals surface area contributed by atoms with Crippen LogP contribution in [0.3, 0.4) is 0 Å². The van der Waals surface area contributed by atoms with E-state index in [0.717, 1.165) is 33.6 Å². The Kier molecular flexibility index (Phi) is 8.26. The summed E-state index contributed by atoms with van der Waals surface area (Å²) in [5, 5.41) is 11.0. The number of aromatic nitrogens is 3. The Morgan fingerprint density at radius 1 is 0.786 bits per heavy atom. The number of hydrogen-bond acceptors (Lipinski definition) is 6. The Hall–Kier alpha value is -5.48. The summed E-state index contributed by atoms with van der Waals surface area (Å²) in [6.07, 6.45) is -0.111. The summed E-state index contributed by atoms with van der Waals surface area (Å²) >= 11 is 0. The highest BCUT2D eigenvalue weighted by Gasteiger charge is 2.34. The molecule has 212 valence electrons. The molecule has 10 heteroatoms. The predicted molar refractivity (Wildman–Crippen MR) is 162 cm³/mol. The quantitative estimate of drug-likeness (QED) is 0.285. The van der Waals surface area contributed by atoms with Crippen LogP contribution in [0.2, 0.25) is 0 Å². The summed E-state index contributed by atoms with van der Waals surface area (Å²) in [5.41, 5.74) is 16.8. The summed E-state index contributed by atoms with van der Waals surface area (Å²) in [7, 11) is 0. The van der Waals surface area contributed by atoms with Crippen LogP contribution < -0.4 is 21.8 Å². The minimum Gasteiger partial charge on any atom is -0.363 e. The molecule has 1 aliphatic rings. The molecule has 1 fully saturated rings. The van der Waals surface area contributed by atoms with Crippen molar-refractivity contribution in [3.05, 3.63) is 132 Å². The van der Waals surface area contributed by atoms with Gasteiger partial charge in [0.05, 0.1) is 18.0 Å². The number of urea groups is 1. The first-order chi connectivity index (χ1) is 20.3. The third-order valence-electron chi connectivity index (χ3n) is 6.68. The van der Waals surface area contributed by atoms with Crippen LogP contribution in [0.25, 0.3) is 17.1 Å². The highest BCUT2D eigenvalue weighted by atomic mass is 16.2. The molecule has 6 rings (SSSR count). The molecule has 1 saturated heterocycles. The number of nitrogens with one attached hydrogen (secondary N) is 1. The fourth-order valence-electron chi connectivity index (χ4n) is 4.74. The number of nitrogens with zero attached hydrogens (tertiary/aromatic N) is 5. The zero-order valence-electron chi connectivity index (χ0n) is 23.4. The Labute approximate surface area is 244 Å². The largest absolute Gasteiger partial charge is 0.363 e. The first kappa shape index (κ1) is 28.1.